The van der Waals surface area contributed by atoms with Gasteiger partial charge >= 0.3 is 11.9 Å². The van der Waals surface area contributed by atoms with Gasteiger partial charge in [0, 0.05) is 13.1 Å². The topological polar surface area (TPSA) is 101 Å². The fourth-order valence-electron chi connectivity index (χ4n) is 2.35. The smallest absolute Gasteiger partial charge is 0.309 e. The number of carboxylic acid groups (broad SMARTS) is 1. The molecule has 0 radical (unpaired) electrons. The molecule has 8 heteroatoms. The zero-order valence-electron chi connectivity index (χ0n) is 12.1. The highest BCUT2D eigenvalue weighted by molar-refractivity contribution is 7.89. The van der Waals surface area contributed by atoms with E-state index in [1.807, 2.05) is 0 Å². The number of nitrogens with zero attached hydrogens (tertiary/aromatic N) is 1. The van der Waals surface area contributed by atoms with E-state index < -0.39 is 27.9 Å². The number of rotatable bonds is 5. The Labute approximate surface area is 128 Å². The third-order valence-electron chi connectivity index (χ3n) is 3.61. The summed E-state index contributed by atoms with van der Waals surface area (Å²) in [5, 5.41) is 8.96. The van der Waals surface area contributed by atoms with E-state index in [4.69, 9.17) is 5.11 Å². The Morgan fingerprint density at radius 3 is 2.73 bits per heavy atom. The molecule has 0 saturated carbocycles. The maximum absolute atomic E-state index is 12.5. The molecule has 1 aromatic rings. The van der Waals surface area contributed by atoms with Crippen LogP contribution in [0.4, 0.5) is 0 Å². The predicted molar refractivity (Wildman–Crippen MR) is 76.7 cm³/mol. The summed E-state index contributed by atoms with van der Waals surface area (Å²) >= 11 is 0. The van der Waals surface area contributed by atoms with Crippen molar-refractivity contribution in [1.82, 2.24) is 4.31 Å². The number of carboxylic acids is 1. The zero-order chi connectivity index (χ0) is 16.3. The molecule has 0 spiro atoms. The van der Waals surface area contributed by atoms with E-state index in [0.29, 0.717) is 12.0 Å². The second-order valence-electron chi connectivity index (χ2n) is 5.09. The van der Waals surface area contributed by atoms with Crippen molar-refractivity contribution in [3.63, 3.8) is 0 Å². The first-order chi connectivity index (χ1) is 10.3. The molecule has 1 aromatic carbocycles. The molecule has 2 rings (SSSR count). The molecule has 120 valence electrons. The first-order valence-corrected chi connectivity index (χ1v) is 8.17. The van der Waals surface area contributed by atoms with Crippen LogP contribution in [0.3, 0.4) is 0 Å². The highest BCUT2D eigenvalue weighted by Gasteiger charge is 2.35. The van der Waals surface area contributed by atoms with Crippen molar-refractivity contribution in [3.8, 4) is 0 Å². The van der Waals surface area contributed by atoms with Crippen molar-refractivity contribution in [1.29, 1.82) is 0 Å². The standard InChI is InChI=1S/C14H17NO6S/c1-21-13(16)8-10-3-2-4-12(7-10)22(19,20)15-6-5-11(9-15)14(17)18/h2-4,7,11H,5-6,8-9H2,1H3,(H,17,18). The number of aliphatic carboxylic acids is 1. The lowest BCUT2D eigenvalue weighted by Gasteiger charge is -2.16. The van der Waals surface area contributed by atoms with Crippen molar-refractivity contribution < 1.29 is 27.9 Å². The van der Waals surface area contributed by atoms with Crippen LogP contribution in [0.2, 0.25) is 0 Å². The van der Waals surface area contributed by atoms with E-state index in [1.165, 1.54) is 23.5 Å². The lowest BCUT2D eigenvalue weighted by atomic mass is 10.1. The van der Waals surface area contributed by atoms with E-state index in [-0.39, 0.29) is 24.4 Å². The van der Waals surface area contributed by atoms with E-state index in [1.54, 1.807) is 12.1 Å². The van der Waals surface area contributed by atoms with Gasteiger partial charge in [-0.05, 0) is 24.1 Å². The SMILES string of the molecule is COC(=O)Cc1cccc(S(=O)(=O)N2CCC(C(=O)O)C2)c1. The average molecular weight is 327 g/mol. The summed E-state index contributed by atoms with van der Waals surface area (Å²) in [6, 6.07) is 6.04. The summed E-state index contributed by atoms with van der Waals surface area (Å²) in [6.45, 7) is 0.152. The molecule has 0 aliphatic carbocycles. The van der Waals surface area contributed by atoms with Crippen LogP contribution < -0.4 is 0 Å². The molecule has 1 unspecified atom stereocenters. The second kappa shape index (κ2) is 6.45. The molecule has 1 aliphatic heterocycles. The number of carbonyl (C=O) groups is 2. The van der Waals surface area contributed by atoms with Crippen molar-refractivity contribution >= 4 is 22.0 Å². The van der Waals surface area contributed by atoms with Crippen LogP contribution in [0.25, 0.3) is 0 Å². The van der Waals surface area contributed by atoms with Gasteiger partial charge in [-0.2, -0.15) is 4.31 Å². The van der Waals surface area contributed by atoms with Crippen molar-refractivity contribution in [3.05, 3.63) is 29.8 Å². The molecule has 22 heavy (non-hydrogen) atoms. The van der Waals surface area contributed by atoms with Crippen LogP contribution in [0.15, 0.2) is 29.2 Å². The summed E-state index contributed by atoms with van der Waals surface area (Å²) in [7, 11) is -2.49. The average Bonchev–Trinajstić information content (AvgIpc) is 2.98. The van der Waals surface area contributed by atoms with Gasteiger partial charge < -0.3 is 9.84 Å². The summed E-state index contributed by atoms with van der Waals surface area (Å²) < 4.78 is 30.8. The minimum atomic E-state index is -3.75. The number of esters is 1. The van der Waals surface area contributed by atoms with Crippen LogP contribution in [-0.4, -0.2) is 50.0 Å². The molecule has 0 aromatic heterocycles. The van der Waals surface area contributed by atoms with Crippen molar-refractivity contribution in [2.75, 3.05) is 20.2 Å². The summed E-state index contributed by atoms with van der Waals surface area (Å²) in [6.07, 6.45) is 0.286. The summed E-state index contributed by atoms with van der Waals surface area (Å²) in [5.74, 6) is -2.12. The molecule has 7 nitrogen and oxygen atoms in total. The first-order valence-electron chi connectivity index (χ1n) is 6.73. The first kappa shape index (κ1) is 16.4. The molecule has 1 heterocycles. The van der Waals surface area contributed by atoms with Gasteiger partial charge in [-0.15, -0.1) is 0 Å². The van der Waals surface area contributed by atoms with Crippen LogP contribution in [-0.2, 0) is 30.8 Å². The number of methoxy groups -OCH3 is 1. The number of sulfonamides is 1. The van der Waals surface area contributed by atoms with E-state index in [9.17, 15) is 18.0 Å². The normalized spacial score (nSPS) is 19.0. The van der Waals surface area contributed by atoms with Gasteiger partial charge in [0.05, 0.1) is 24.3 Å². The molecular formula is C14H17NO6S. The van der Waals surface area contributed by atoms with Crippen LogP contribution in [0.5, 0.6) is 0 Å². The monoisotopic (exact) mass is 327 g/mol. The van der Waals surface area contributed by atoms with Gasteiger partial charge in [-0.25, -0.2) is 8.42 Å². The number of ether oxygens (including phenoxy) is 1. The van der Waals surface area contributed by atoms with Crippen molar-refractivity contribution in [2.45, 2.75) is 17.7 Å². The number of hydrogen-bond donors (Lipinski definition) is 1. The third-order valence-corrected chi connectivity index (χ3v) is 5.47. The predicted octanol–water partition coefficient (Wildman–Crippen LogP) is 0.497. The molecule has 0 bridgehead atoms. The molecule has 1 atom stereocenters. The number of carbonyl (C=O) groups excluding carboxylic acids is 1. The fourth-order valence-corrected chi connectivity index (χ4v) is 3.92. The highest BCUT2D eigenvalue weighted by atomic mass is 32.2. The quantitative estimate of drug-likeness (QED) is 0.790. The maximum Gasteiger partial charge on any atom is 0.309 e. The van der Waals surface area contributed by atoms with E-state index in [0.717, 1.165) is 0 Å². The number of hydrogen-bond acceptors (Lipinski definition) is 5. The van der Waals surface area contributed by atoms with E-state index >= 15 is 0 Å². The van der Waals surface area contributed by atoms with Crippen LogP contribution >= 0.6 is 0 Å². The van der Waals surface area contributed by atoms with Crippen LogP contribution in [0, 0.1) is 5.92 Å². The fraction of sp³-hybridized carbons (Fsp3) is 0.429. The lowest BCUT2D eigenvalue weighted by Crippen LogP contribution is -2.30. The van der Waals surface area contributed by atoms with E-state index in [2.05, 4.69) is 4.74 Å². The maximum atomic E-state index is 12.5. The second-order valence-corrected chi connectivity index (χ2v) is 7.03. The minimum absolute atomic E-state index is 0.0163. The molecule has 1 saturated heterocycles. The Morgan fingerprint density at radius 1 is 1.41 bits per heavy atom. The molecule has 0 amide bonds. The molecule has 1 aliphatic rings. The highest BCUT2D eigenvalue weighted by Crippen LogP contribution is 2.25. The van der Waals surface area contributed by atoms with Crippen LogP contribution in [0.1, 0.15) is 12.0 Å². The lowest BCUT2D eigenvalue weighted by molar-refractivity contribution is -0.141. The molecule has 1 fully saturated rings. The van der Waals surface area contributed by atoms with Gasteiger partial charge in [-0.3, -0.25) is 9.59 Å². The Bertz CT molecular complexity index is 684. The Morgan fingerprint density at radius 2 is 2.14 bits per heavy atom. The summed E-state index contributed by atoms with van der Waals surface area (Å²) in [5.41, 5.74) is 0.530. The van der Waals surface area contributed by atoms with Crippen molar-refractivity contribution in [2.24, 2.45) is 5.92 Å². The zero-order valence-corrected chi connectivity index (χ0v) is 12.9. The van der Waals surface area contributed by atoms with Gasteiger partial charge in [0.15, 0.2) is 0 Å². The molecular weight excluding hydrogens is 310 g/mol. The minimum Gasteiger partial charge on any atom is -0.481 e. The van der Waals surface area contributed by atoms with Gasteiger partial charge in [0.25, 0.3) is 0 Å². The summed E-state index contributed by atoms with van der Waals surface area (Å²) in [4.78, 5) is 22.3. The Hall–Kier alpha value is -1.93. The molecule has 1 N–H and O–H groups in total. The van der Waals surface area contributed by atoms with Gasteiger partial charge in [0.1, 0.15) is 0 Å². The van der Waals surface area contributed by atoms with Gasteiger partial charge in [-0.1, -0.05) is 12.1 Å². The Balaban J connectivity index is 2.21. The number of benzene rings is 1. The Kier molecular flexibility index (Phi) is 4.82. The van der Waals surface area contributed by atoms with Gasteiger partial charge in [0.2, 0.25) is 10.0 Å². The third kappa shape index (κ3) is 3.45. The largest absolute Gasteiger partial charge is 0.481 e.